The van der Waals surface area contributed by atoms with Gasteiger partial charge in [0.1, 0.15) is 29.3 Å². The zero-order valence-corrected chi connectivity index (χ0v) is 18.2. The van der Waals surface area contributed by atoms with Gasteiger partial charge in [-0.2, -0.15) is 4.94 Å². The van der Waals surface area contributed by atoms with Crippen LogP contribution in [0.25, 0.3) is 0 Å². The fourth-order valence-corrected chi connectivity index (χ4v) is 3.60. The summed E-state index contributed by atoms with van der Waals surface area (Å²) in [6.07, 6.45) is -5.12. The Morgan fingerprint density at radius 2 is 1.80 bits per heavy atom. The van der Waals surface area contributed by atoms with Crippen LogP contribution in [0.5, 0.6) is 11.5 Å². The molecule has 0 unspecified atom stereocenters. The van der Waals surface area contributed by atoms with Crippen LogP contribution >= 0.6 is 0 Å². The zero-order chi connectivity index (χ0) is 24.9. The Morgan fingerprint density at radius 3 is 2.46 bits per heavy atom. The van der Waals surface area contributed by atoms with E-state index in [9.17, 15) is 29.1 Å². The van der Waals surface area contributed by atoms with Crippen LogP contribution in [0.1, 0.15) is 22.1 Å². The number of rotatable bonds is 8. The van der Waals surface area contributed by atoms with Crippen LogP contribution in [0.2, 0.25) is 0 Å². The number of nitrogens with zero attached hydrogens (tertiary/aromatic N) is 1. The summed E-state index contributed by atoms with van der Waals surface area (Å²) >= 11 is 0. The number of hydrogen-bond acceptors (Lipinski definition) is 8. The molecule has 2 heterocycles. The molecule has 0 radical (unpaired) electrons. The number of carbonyl (C=O) groups is 1. The van der Waals surface area contributed by atoms with Crippen molar-refractivity contribution >= 4 is 5.91 Å². The molecule has 1 amide bonds. The minimum atomic E-state index is -1.66. The minimum Gasteiger partial charge on any atom is -0.457 e. The van der Waals surface area contributed by atoms with Gasteiger partial charge in [0, 0.05) is 12.7 Å². The number of aliphatic hydroxyl groups is 2. The van der Waals surface area contributed by atoms with Crippen LogP contribution in [-0.4, -0.2) is 50.6 Å². The Balaban J connectivity index is 1.46. The smallest absolute Gasteiger partial charge is 0.330 e. The molecule has 3 aromatic rings. The van der Waals surface area contributed by atoms with Gasteiger partial charge >= 0.3 is 5.69 Å². The predicted molar refractivity (Wildman–Crippen MR) is 118 cm³/mol. The molecule has 12 heteroatoms. The normalized spacial score (nSPS) is 21.6. The number of halogens is 1. The summed E-state index contributed by atoms with van der Waals surface area (Å²) in [6.45, 7) is -0.609. The van der Waals surface area contributed by atoms with Crippen molar-refractivity contribution in [2.24, 2.45) is 0 Å². The maximum Gasteiger partial charge on any atom is 0.330 e. The van der Waals surface area contributed by atoms with Gasteiger partial charge in [-0.05, 0) is 34.4 Å². The monoisotopic (exact) mass is 487 g/mol. The number of para-hydroxylation sites is 1. The number of nitrogens with one attached hydrogen (secondary N) is 2. The predicted octanol–water partition coefficient (Wildman–Crippen LogP) is 0.779. The first-order chi connectivity index (χ1) is 16.9. The lowest BCUT2D eigenvalue weighted by Crippen LogP contribution is -2.41. The average Bonchev–Trinajstić information content (AvgIpc) is 3.19. The van der Waals surface area contributed by atoms with Gasteiger partial charge in [0.2, 0.25) is 0 Å². The number of aromatic amines is 1. The molecule has 1 aliphatic heterocycles. The Labute approximate surface area is 197 Å². The molecule has 0 saturated carbocycles. The van der Waals surface area contributed by atoms with Crippen molar-refractivity contribution in [2.75, 3.05) is 6.61 Å². The quantitative estimate of drug-likeness (QED) is 0.364. The maximum absolute atomic E-state index is 13.0. The van der Waals surface area contributed by atoms with Gasteiger partial charge < -0.3 is 25.0 Å². The van der Waals surface area contributed by atoms with Crippen LogP contribution in [0.3, 0.4) is 0 Å². The van der Waals surface area contributed by atoms with Gasteiger partial charge in [-0.1, -0.05) is 30.3 Å². The van der Waals surface area contributed by atoms with Gasteiger partial charge in [-0.15, -0.1) is 0 Å². The number of aromatic nitrogens is 2. The second-order valence-corrected chi connectivity index (χ2v) is 7.74. The topological polar surface area (TPSA) is 152 Å². The molecule has 4 N–H and O–H groups in total. The summed E-state index contributed by atoms with van der Waals surface area (Å²) in [4.78, 5) is 42.8. The van der Waals surface area contributed by atoms with E-state index in [2.05, 4.69) is 10.3 Å². The molecule has 1 saturated heterocycles. The standard InChI is InChI=1S/C23H22FN3O8/c24-35-19-18(29)17(12-28)34-22(19)27-11-16(21(31)26-23(27)32)20(30)25-10-13-6-8-15(9-7-13)33-14-4-2-1-3-5-14/h1-9,11,17-19,22,28-29H,10,12H2,(H,25,30)(H,26,31,32)/t17-,18+,19-,22-/m1/s1. The molecule has 1 aromatic heterocycles. The van der Waals surface area contributed by atoms with E-state index in [4.69, 9.17) is 9.47 Å². The van der Waals surface area contributed by atoms with Crippen LogP contribution in [0.4, 0.5) is 4.53 Å². The molecule has 11 nitrogen and oxygen atoms in total. The zero-order valence-electron chi connectivity index (χ0n) is 18.2. The lowest BCUT2D eigenvalue weighted by atomic mass is 10.1. The fourth-order valence-electron chi connectivity index (χ4n) is 3.60. The Kier molecular flexibility index (Phi) is 7.36. The van der Waals surface area contributed by atoms with E-state index in [1.165, 1.54) is 0 Å². The lowest BCUT2D eigenvalue weighted by Gasteiger charge is -2.18. The van der Waals surface area contributed by atoms with Crippen LogP contribution < -0.4 is 21.3 Å². The first kappa shape index (κ1) is 24.3. The van der Waals surface area contributed by atoms with E-state index in [0.29, 0.717) is 17.1 Å². The van der Waals surface area contributed by atoms with E-state index < -0.39 is 53.9 Å². The molecule has 0 aliphatic carbocycles. The summed E-state index contributed by atoms with van der Waals surface area (Å²) in [7, 11) is 0. The van der Waals surface area contributed by atoms with Crippen molar-refractivity contribution in [1.82, 2.24) is 14.9 Å². The highest BCUT2D eigenvalue weighted by Crippen LogP contribution is 2.31. The largest absolute Gasteiger partial charge is 0.457 e. The summed E-state index contributed by atoms with van der Waals surface area (Å²) in [5.41, 5.74) is -1.72. The molecular weight excluding hydrogens is 465 g/mol. The number of hydrogen-bond donors (Lipinski definition) is 4. The third kappa shape index (κ3) is 5.30. The Hall–Kier alpha value is -3.84. The van der Waals surface area contributed by atoms with Crippen molar-refractivity contribution in [3.8, 4) is 11.5 Å². The molecule has 35 heavy (non-hydrogen) atoms. The SMILES string of the molecule is O=C(NCc1ccc(Oc2ccccc2)cc1)c1cn([C@@H]2O[C@H](CO)[C@H](O)[C@H]2OF)c(=O)[nH]c1=O. The number of aliphatic hydroxyl groups excluding tert-OH is 2. The highest BCUT2D eigenvalue weighted by molar-refractivity contribution is 5.93. The van der Waals surface area contributed by atoms with Crippen molar-refractivity contribution in [3.05, 3.63) is 92.8 Å². The second-order valence-electron chi connectivity index (χ2n) is 7.74. The fraction of sp³-hybridized carbons (Fsp3) is 0.261. The van der Waals surface area contributed by atoms with E-state index in [0.717, 1.165) is 10.8 Å². The van der Waals surface area contributed by atoms with Crippen LogP contribution in [0, 0.1) is 0 Å². The van der Waals surface area contributed by atoms with Gasteiger partial charge in [-0.25, -0.2) is 4.79 Å². The maximum atomic E-state index is 13.0. The van der Waals surface area contributed by atoms with E-state index in [1.54, 1.807) is 24.3 Å². The van der Waals surface area contributed by atoms with Gasteiger partial charge in [-0.3, -0.25) is 19.1 Å². The van der Waals surface area contributed by atoms with Gasteiger partial charge in [0.05, 0.1) is 6.61 Å². The van der Waals surface area contributed by atoms with Crippen molar-refractivity contribution in [2.45, 2.75) is 31.1 Å². The van der Waals surface area contributed by atoms with Crippen molar-refractivity contribution in [3.63, 3.8) is 0 Å². The summed E-state index contributed by atoms with van der Waals surface area (Å²) in [5, 5.41) is 21.8. The molecule has 1 aliphatic rings. The number of carbonyl (C=O) groups excluding carboxylic acids is 1. The summed E-state index contributed by atoms with van der Waals surface area (Å²) < 4.78 is 24.7. The molecule has 2 aromatic carbocycles. The van der Waals surface area contributed by atoms with Crippen LogP contribution in [-0.2, 0) is 16.2 Å². The molecule has 0 bridgehead atoms. The van der Waals surface area contributed by atoms with E-state index in [1.807, 2.05) is 35.3 Å². The van der Waals surface area contributed by atoms with Crippen molar-refractivity contribution < 1.29 is 33.9 Å². The summed E-state index contributed by atoms with van der Waals surface area (Å²) in [6, 6.07) is 16.1. The van der Waals surface area contributed by atoms with E-state index in [-0.39, 0.29) is 6.54 Å². The third-order valence-corrected chi connectivity index (χ3v) is 5.44. The minimum absolute atomic E-state index is 0.0600. The number of benzene rings is 2. The summed E-state index contributed by atoms with van der Waals surface area (Å²) in [5.74, 6) is 0.464. The molecule has 4 rings (SSSR count). The third-order valence-electron chi connectivity index (χ3n) is 5.44. The first-order valence-corrected chi connectivity index (χ1v) is 10.6. The molecular formula is C23H22FN3O8. The van der Waals surface area contributed by atoms with Gasteiger partial charge in [0.15, 0.2) is 12.3 Å². The number of amides is 1. The van der Waals surface area contributed by atoms with Gasteiger partial charge in [0.25, 0.3) is 11.5 Å². The molecule has 0 spiro atoms. The molecule has 1 fully saturated rings. The van der Waals surface area contributed by atoms with Crippen molar-refractivity contribution in [1.29, 1.82) is 0 Å². The second kappa shape index (κ2) is 10.6. The highest BCUT2D eigenvalue weighted by Gasteiger charge is 2.47. The first-order valence-electron chi connectivity index (χ1n) is 10.6. The molecule has 184 valence electrons. The Bertz CT molecular complexity index is 1280. The Morgan fingerprint density at radius 1 is 1.11 bits per heavy atom. The average molecular weight is 487 g/mol. The number of ether oxygens (including phenoxy) is 2. The molecule has 4 atom stereocenters. The highest BCUT2D eigenvalue weighted by atomic mass is 19.3. The van der Waals surface area contributed by atoms with E-state index >= 15 is 0 Å². The number of H-pyrrole nitrogens is 1. The van der Waals surface area contributed by atoms with Crippen LogP contribution in [0.15, 0.2) is 70.4 Å². The lowest BCUT2D eigenvalue weighted by molar-refractivity contribution is -0.221.